The Morgan fingerprint density at radius 3 is 2.00 bits per heavy atom. The summed E-state index contributed by atoms with van der Waals surface area (Å²) in [5.74, 6) is 0.753. The van der Waals surface area contributed by atoms with Gasteiger partial charge < -0.3 is 14.6 Å². The van der Waals surface area contributed by atoms with E-state index in [9.17, 15) is 5.11 Å². The van der Waals surface area contributed by atoms with E-state index in [1.165, 1.54) is 25.7 Å². The van der Waals surface area contributed by atoms with E-state index in [-0.39, 0.29) is 0 Å². The smallest absolute Gasteiger partial charge is 0.156 e. The van der Waals surface area contributed by atoms with E-state index in [0.717, 1.165) is 25.4 Å². The van der Waals surface area contributed by atoms with E-state index in [2.05, 4.69) is 20.8 Å². The van der Waals surface area contributed by atoms with Crippen molar-refractivity contribution in [2.45, 2.75) is 72.0 Å². The van der Waals surface area contributed by atoms with Crippen molar-refractivity contribution in [1.82, 2.24) is 0 Å². The third-order valence-electron chi connectivity index (χ3n) is 3.09. The molecule has 0 bridgehead atoms. The molecule has 0 aliphatic heterocycles. The normalized spacial score (nSPS) is 13.2. The lowest BCUT2D eigenvalue weighted by Gasteiger charge is -2.17. The number of aliphatic hydroxyl groups excluding tert-OH is 1. The minimum absolute atomic E-state index is 0.576. The average Bonchev–Trinajstić information content (AvgIpc) is 2.35. The van der Waals surface area contributed by atoms with Gasteiger partial charge in [0.05, 0.1) is 6.61 Å². The van der Waals surface area contributed by atoms with Gasteiger partial charge in [0.2, 0.25) is 0 Å². The molecule has 0 aromatic heterocycles. The van der Waals surface area contributed by atoms with Crippen LogP contribution in [0.4, 0.5) is 0 Å². The van der Waals surface area contributed by atoms with Crippen molar-refractivity contribution in [3.8, 4) is 0 Å². The monoisotopic (exact) mass is 260 g/mol. The van der Waals surface area contributed by atoms with Crippen LogP contribution in [-0.2, 0) is 9.47 Å². The second-order valence-corrected chi connectivity index (χ2v) is 4.96. The van der Waals surface area contributed by atoms with Crippen LogP contribution in [0.25, 0.3) is 0 Å². The molecule has 0 aromatic rings. The molecule has 0 radical (unpaired) electrons. The van der Waals surface area contributed by atoms with E-state index in [1.54, 1.807) is 0 Å². The summed E-state index contributed by atoms with van der Waals surface area (Å²) in [4.78, 5) is 0. The molecule has 0 heterocycles. The minimum atomic E-state index is -0.661. The summed E-state index contributed by atoms with van der Waals surface area (Å²) in [5.41, 5.74) is 0. The summed E-state index contributed by atoms with van der Waals surface area (Å²) in [5, 5.41) is 9.62. The molecule has 0 fully saturated rings. The molecule has 0 spiro atoms. The van der Waals surface area contributed by atoms with Crippen LogP contribution in [0.2, 0.25) is 0 Å². The Bertz CT molecular complexity index is 156. The average molecular weight is 260 g/mol. The number of aliphatic hydroxyl groups is 1. The Morgan fingerprint density at radius 1 is 0.778 bits per heavy atom. The first kappa shape index (κ1) is 17.9. The largest absolute Gasteiger partial charge is 0.381 e. The van der Waals surface area contributed by atoms with E-state index >= 15 is 0 Å². The van der Waals surface area contributed by atoms with Crippen LogP contribution in [0.3, 0.4) is 0 Å². The van der Waals surface area contributed by atoms with Crippen LogP contribution in [-0.4, -0.2) is 31.2 Å². The minimum Gasteiger partial charge on any atom is -0.381 e. The highest BCUT2D eigenvalue weighted by Crippen LogP contribution is 2.17. The molecule has 1 unspecified atom stereocenters. The first-order valence-electron chi connectivity index (χ1n) is 7.61. The Morgan fingerprint density at radius 2 is 1.44 bits per heavy atom. The number of ether oxygens (including phenoxy) is 2. The zero-order valence-corrected chi connectivity index (χ0v) is 12.5. The molecule has 0 amide bonds. The maximum absolute atomic E-state index is 9.62. The molecular weight excluding hydrogens is 228 g/mol. The first-order chi connectivity index (χ1) is 8.74. The predicted octanol–water partition coefficient (Wildman–Crippen LogP) is 3.74. The number of hydrogen-bond donors (Lipinski definition) is 1. The van der Waals surface area contributed by atoms with E-state index in [4.69, 9.17) is 9.47 Å². The molecule has 3 heteroatoms. The summed E-state index contributed by atoms with van der Waals surface area (Å²) >= 11 is 0. The molecule has 1 atom stereocenters. The van der Waals surface area contributed by atoms with Crippen LogP contribution in [0.1, 0.15) is 65.7 Å². The van der Waals surface area contributed by atoms with Crippen molar-refractivity contribution < 1.29 is 14.6 Å². The summed E-state index contributed by atoms with van der Waals surface area (Å²) in [7, 11) is 0. The predicted molar refractivity (Wildman–Crippen MR) is 75.6 cm³/mol. The zero-order chi connectivity index (χ0) is 13.6. The summed E-state index contributed by atoms with van der Waals surface area (Å²) in [6.07, 6.45) is 7.01. The van der Waals surface area contributed by atoms with Gasteiger partial charge in [0.15, 0.2) is 6.29 Å². The standard InChI is InChI=1S/C15H32O3/c1-4-7-14(8-5-2)9-13-18-15(16)10-12-17-11-6-3/h14-16H,4-13H2,1-3H3. The van der Waals surface area contributed by atoms with Gasteiger partial charge in [0.25, 0.3) is 0 Å². The molecule has 3 nitrogen and oxygen atoms in total. The number of rotatable bonds is 13. The maximum atomic E-state index is 9.62. The van der Waals surface area contributed by atoms with Crippen molar-refractivity contribution in [1.29, 1.82) is 0 Å². The topological polar surface area (TPSA) is 38.7 Å². The van der Waals surface area contributed by atoms with E-state index in [1.807, 2.05) is 0 Å². The molecule has 0 aliphatic rings. The third-order valence-corrected chi connectivity index (χ3v) is 3.09. The summed E-state index contributed by atoms with van der Waals surface area (Å²) in [6.45, 7) is 8.55. The fraction of sp³-hybridized carbons (Fsp3) is 1.00. The van der Waals surface area contributed by atoms with Gasteiger partial charge in [0, 0.05) is 19.6 Å². The van der Waals surface area contributed by atoms with Crippen molar-refractivity contribution in [2.75, 3.05) is 19.8 Å². The van der Waals surface area contributed by atoms with Gasteiger partial charge in [0.1, 0.15) is 0 Å². The second kappa shape index (κ2) is 13.3. The highest BCUT2D eigenvalue weighted by atomic mass is 16.6. The van der Waals surface area contributed by atoms with Crippen molar-refractivity contribution in [2.24, 2.45) is 5.92 Å². The quantitative estimate of drug-likeness (QED) is 0.405. The highest BCUT2D eigenvalue weighted by molar-refractivity contribution is 4.58. The summed E-state index contributed by atoms with van der Waals surface area (Å²) in [6, 6.07) is 0. The van der Waals surface area contributed by atoms with Gasteiger partial charge in [-0.15, -0.1) is 0 Å². The summed E-state index contributed by atoms with van der Waals surface area (Å²) < 4.78 is 10.7. The van der Waals surface area contributed by atoms with Crippen LogP contribution in [0.5, 0.6) is 0 Å². The second-order valence-electron chi connectivity index (χ2n) is 4.96. The number of hydrogen-bond acceptors (Lipinski definition) is 3. The molecular formula is C15H32O3. The van der Waals surface area contributed by atoms with Crippen molar-refractivity contribution in [3.63, 3.8) is 0 Å². The highest BCUT2D eigenvalue weighted by Gasteiger charge is 2.09. The van der Waals surface area contributed by atoms with Gasteiger partial charge in [-0.3, -0.25) is 0 Å². The molecule has 0 aromatic carbocycles. The molecule has 0 aliphatic carbocycles. The van der Waals surface area contributed by atoms with Crippen LogP contribution in [0, 0.1) is 5.92 Å². The first-order valence-corrected chi connectivity index (χ1v) is 7.61. The van der Waals surface area contributed by atoms with Crippen molar-refractivity contribution >= 4 is 0 Å². The Balaban J connectivity index is 3.48. The van der Waals surface area contributed by atoms with Gasteiger partial charge in [-0.25, -0.2) is 0 Å². The van der Waals surface area contributed by atoms with E-state index < -0.39 is 6.29 Å². The molecule has 18 heavy (non-hydrogen) atoms. The molecule has 1 N–H and O–H groups in total. The Labute approximate surface area is 113 Å². The molecule has 0 saturated carbocycles. The molecule has 0 rings (SSSR count). The fourth-order valence-electron chi connectivity index (χ4n) is 2.13. The van der Waals surface area contributed by atoms with Crippen LogP contribution in [0.15, 0.2) is 0 Å². The maximum Gasteiger partial charge on any atom is 0.156 e. The lowest BCUT2D eigenvalue weighted by atomic mass is 9.95. The van der Waals surface area contributed by atoms with Crippen LogP contribution >= 0.6 is 0 Å². The van der Waals surface area contributed by atoms with Crippen LogP contribution < -0.4 is 0 Å². The lowest BCUT2D eigenvalue weighted by Crippen LogP contribution is -2.17. The van der Waals surface area contributed by atoms with Gasteiger partial charge in [-0.05, 0) is 18.8 Å². The SMILES string of the molecule is CCCOCCC(O)OCCC(CCC)CCC. The third kappa shape index (κ3) is 11.0. The Kier molecular flexibility index (Phi) is 13.2. The zero-order valence-electron chi connectivity index (χ0n) is 12.5. The van der Waals surface area contributed by atoms with E-state index in [0.29, 0.717) is 19.6 Å². The molecule has 110 valence electrons. The van der Waals surface area contributed by atoms with Crippen molar-refractivity contribution in [3.05, 3.63) is 0 Å². The lowest BCUT2D eigenvalue weighted by molar-refractivity contribution is -0.115. The Hall–Kier alpha value is -0.120. The van der Waals surface area contributed by atoms with Gasteiger partial charge in [-0.2, -0.15) is 0 Å². The van der Waals surface area contributed by atoms with Gasteiger partial charge in [-0.1, -0.05) is 46.5 Å². The molecule has 0 saturated heterocycles. The fourth-order valence-corrected chi connectivity index (χ4v) is 2.13. The van der Waals surface area contributed by atoms with Gasteiger partial charge >= 0.3 is 0 Å².